The van der Waals surface area contributed by atoms with Gasteiger partial charge in [0.2, 0.25) is 11.8 Å². The maximum absolute atomic E-state index is 12.6. The Hall–Kier alpha value is -2.37. The van der Waals surface area contributed by atoms with Crippen LogP contribution in [0.1, 0.15) is 19.8 Å². The molecule has 0 aromatic heterocycles. The van der Waals surface area contributed by atoms with Crippen LogP contribution in [-0.2, 0) is 19.1 Å². The van der Waals surface area contributed by atoms with Gasteiger partial charge in [-0.3, -0.25) is 14.4 Å². The highest BCUT2D eigenvalue weighted by Gasteiger charge is 2.63. The first-order valence-electron chi connectivity index (χ1n) is 7.92. The molecule has 1 saturated heterocycles. The van der Waals surface area contributed by atoms with Crippen molar-refractivity contribution in [3.8, 4) is 0 Å². The third kappa shape index (κ3) is 2.29. The first-order chi connectivity index (χ1) is 11.0. The lowest BCUT2D eigenvalue weighted by Gasteiger charge is -2.23. The molecule has 1 aromatic carbocycles. The molecule has 6 nitrogen and oxygen atoms in total. The molecule has 3 aliphatic rings. The maximum atomic E-state index is 12.6. The van der Waals surface area contributed by atoms with E-state index in [9.17, 15) is 14.4 Å². The van der Waals surface area contributed by atoms with Crippen LogP contribution in [0.2, 0.25) is 0 Å². The van der Waals surface area contributed by atoms with Crippen LogP contribution >= 0.6 is 0 Å². The Kier molecular flexibility index (Phi) is 3.14. The van der Waals surface area contributed by atoms with Crippen molar-refractivity contribution in [1.29, 1.82) is 0 Å². The van der Waals surface area contributed by atoms with Crippen LogP contribution in [-0.4, -0.2) is 23.9 Å². The number of carbonyl (C=O) groups excluding carboxylic acids is 3. The van der Waals surface area contributed by atoms with Gasteiger partial charge in [0.15, 0.2) is 0 Å². The van der Waals surface area contributed by atoms with Crippen molar-refractivity contribution >= 4 is 29.2 Å². The van der Waals surface area contributed by atoms with E-state index in [0.717, 1.165) is 12.8 Å². The number of anilines is 2. The minimum Gasteiger partial charge on any atom is -0.462 e. The summed E-state index contributed by atoms with van der Waals surface area (Å²) in [5.41, 5.74) is 1.34. The Morgan fingerprint density at radius 2 is 1.74 bits per heavy atom. The van der Waals surface area contributed by atoms with Crippen molar-refractivity contribution in [1.82, 2.24) is 0 Å². The molecule has 1 aromatic rings. The number of nitrogens with one attached hydrogen (secondary N) is 2. The summed E-state index contributed by atoms with van der Waals surface area (Å²) in [4.78, 5) is 35.6. The largest absolute Gasteiger partial charge is 0.462 e. The fourth-order valence-corrected chi connectivity index (χ4v) is 4.43. The third-order valence-electron chi connectivity index (χ3n) is 5.26. The van der Waals surface area contributed by atoms with Gasteiger partial charge in [0.1, 0.15) is 6.10 Å². The van der Waals surface area contributed by atoms with Gasteiger partial charge >= 0.3 is 5.97 Å². The highest BCUT2D eigenvalue weighted by atomic mass is 16.6. The monoisotopic (exact) mass is 314 g/mol. The van der Waals surface area contributed by atoms with Gasteiger partial charge in [-0.25, -0.2) is 0 Å². The molecule has 0 spiro atoms. The van der Waals surface area contributed by atoms with Crippen LogP contribution in [0.15, 0.2) is 24.3 Å². The standard InChI is InChI=1S/C17H18N2O4/c1-8(20)18-10-2-4-11(5-3-10)19-16(21)14-9-6-12-13(7-9)23-17(22)15(12)14/h2-5,9,12-15H,6-7H2,1H3,(H,18,20)(H,19,21)/t9-,12+,13-,14-,15+/m1/s1. The van der Waals surface area contributed by atoms with Gasteiger partial charge in [0, 0.05) is 24.2 Å². The van der Waals surface area contributed by atoms with E-state index in [1.807, 2.05) is 0 Å². The Morgan fingerprint density at radius 1 is 1.09 bits per heavy atom. The molecule has 3 fully saturated rings. The van der Waals surface area contributed by atoms with Gasteiger partial charge in [-0.05, 0) is 43.0 Å². The van der Waals surface area contributed by atoms with Crippen molar-refractivity contribution in [2.24, 2.45) is 23.7 Å². The number of amides is 2. The summed E-state index contributed by atoms with van der Waals surface area (Å²) in [5.74, 6) is -0.518. The van der Waals surface area contributed by atoms with E-state index in [1.165, 1.54) is 6.92 Å². The van der Waals surface area contributed by atoms with Gasteiger partial charge in [-0.2, -0.15) is 0 Å². The Balaban J connectivity index is 1.46. The van der Waals surface area contributed by atoms with Crippen LogP contribution < -0.4 is 10.6 Å². The number of rotatable bonds is 3. The van der Waals surface area contributed by atoms with Crippen LogP contribution in [0.25, 0.3) is 0 Å². The molecule has 5 atom stereocenters. The van der Waals surface area contributed by atoms with E-state index in [-0.39, 0.29) is 47.6 Å². The summed E-state index contributed by atoms with van der Waals surface area (Å²) in [6.45, 7) is 1.44. The fourth-order valence-electron chi connectivity index (χ4n) is 4.43. The van der Waals surface area contributed by atoms with E-state index in [2.05, 4.69) is 10.6 Å². The predicted octanol–water partition coefficient (Wildman–Crippen LogP) is 1.78. The van der Waals surface area contributed by atoms with Crippen molar-refractivity contribution in [2.75, 3.05) is 10.6 Å². The molecule has 4 rings (SSSR count). The molecular weight excluding hydrogens is 296 g/mol. The van der Waals surface area contributed by atoms with Crippen molar-refractivity contribution in [3.63, 3.8) is 0 Å². The van der Waals surface area contributed by atoms with E-state index in [4.69, 9.17) is 4.74 Å². The zero-order valence-electron chi connectivity index (χ0n) is 12.7. The summed E-state index contributed by atoms with van der Waals surface area (Å²) in [5, 5.41) is 5.57. The second kappa shape index (κ2) is 5.08. The number of hydrogen-bond acceptors (Lipinski definition) is 4. The van der Waals surface area contributed by atoms with Gasteiger partial charge in [-0.1, -0.05) is 0 Å². The van der Waals surface area contributed by atoms with Gasteiger partial charge in [0.05, 0.1) is 11.8 Å². The van der Waals surface area contributed by atoms with E-state index in [1.54, 1.807) is 24.3 Å². The second-order valence-corrected chi connectivity index (χ2v) is 6.67. The lowest BCUT2D eigenvalue weighted by molar-refractivity contribution is -0.145. The average molecular weight is 314 g/mol. The van der Waals surface area contributed by atoms with E-state index < -0.39 is 0 Å². The molecule has 2 amide bonds. The van der Waals surface area contributed by atoms with Gasteiger partial charge in [0.25, 0.3) is 0 Å². The quantitative estimate of drug-likeness (QED) is 0.833. The molecule has 1 heterocycles. The summed E-state index contributed by atoms with van der Waals surface area (Å²) in [6, 6.07) is 6.95. The molecule has 6 heteroatoms. The predicted molar refractivity (Wildman–Crippen MR) is 82.4 cm³/mol. The average Bonchev–Trinajstić information content (AvgIpc) is 3.10. The number of fused-ring (bicyclic) bond motifs is 1. The van der Waals surface area contributed by atoms with Crippen LogP contribution in [0.5, 0.6) is 0 Å². The molecule has 120 valence electrons. The summed E-state index contributed by atoms with van der Waals surface area (Å²) < 4.78 is 5.36. The summed E-state index contributed by atoms with van der Waals surface area (Å²) in [7, 11) is 0. The number of hydrogen-bond donors (Lipinski definition) is 2. The molecule has 2 N–H and O–H groups in total. The van der Waals surface area contributed by atoms with Gasteiger partial charge < -0.3 is 15.4 Å². The third-order valence-corrected chi connectivity index (χ3v) is 5.26. The number of benzene rings is 1. The molecule has 2 saturated carbocycles. The lowest BCUT2D eigenvalue weighted by Crippen LogP contribution is -2.35. The lowest BCUT2D eigenvalue weighted by atomic mass is 9.79. The number of carbonyl (C=O) groups is 3. The Bertz CT molecular complexity index is 682. The van der Waals surface area contributed by atoms with E-state index in [0.29, 0.717) is 11.4 Å². The summed E-state index contributed by atoms with van der Waals surface area (Å²) >= 11 is 0. The number of esters is 1. The van der Waals surface area contributed by atoms with Gasteiger partial charge in [-0.15, -0.1) is 0 Å². The van der Waals surface area contributed by atoms with Crippen LogP contribution in [0.4, 0.5) is 11.4 Å². The van der Waals surface area contributed by atoms with Crippen molar-refractivity contribution in [2.45, 2.75) is 25.9 Å². The Morgan fingerprint density at radius 3 is 2.39 bits per heavy atom. The molecular formula is C17H18N2O4. The molecule has 0 radical (unpaired) electrons. The smallest absolute Gasteiger partial charge is 0.310 e. The summed E-state index contributed by atoms with van der Waals surface area (Å²) in [6.07, 6.45) is 1.77. The van der Waals surface area contributed by atoms with Crippen LogP contribution in [0.3, 0.4) is 0 Å². The zero-order chi connectivity index (χ0) is 16.1. The highest BCUT2D eigenvalue weighted by molar-refractivity contribution is 5.97. The highest BCUT2D eigenvalue weighted by Crippen LogP contribution is 2.57. The first kappa shape index (κ1) is 14.2. The maximum Gasteiger partial charge on any atom is 0.310 e. The normalized spacial score (nSPS) is 33.4. The SMILES string of the molecule is CC(=O)Nc1ccc(NC(=O)[C@@H]2[C@@H]3C[C@@H]4[C@@H]2C(=O)O[C@@H]4C3)cc1. The first-order valence-corrected chi connectivity index (χ1v) is 7.92. The second-order valence-electron chi connectivity index (χ2n) is 6.67. The molecule has 2 aliphatic carbocycles. The van der Waals surface area contributed by atoms with E-state index >= 15 is 0 Å². The fraction of sp³-hybridized carbons (Fsp3) is 0.471. The van der Waals surface area contributed by atoms with Crippen LogP contribution in [0, 0.1) is 23.7 Å². The van der Waals surface area contributed by atoms with Crippen molar-refractivity contribution in [3.05, 3.63) is 24.3 Å². The Labute approximate surface area is 133 Å². The number of ether oxygens (including phenoxy) is 1. The molecule has 0 unspecified atom stereocenters. The minimum atomic E-state index is -0.277. The molecule has 1 aliphatic heterocycles. The zero-order valence-corrected chi connectivity index (χ0v) is 12.7. The van der Waals surface area contributed by atoms with Crippen molar-refractivity contribution < 1.29 is 19.1 Å². The molecule has 2 bridgehead atoms. The molecule has 23 heavy (non-hydrogen) atoms. The minimum absolute atomic E-state index is 0.0403. The topological polar surface area (TPSA) is 84.5 Å².